The van der Waals surface area contributed by atoms with E-state index in [4.69, 9.17) is 4.74 Å². The van der Waals surface area contributed by atoms with E-state index in [0.29, 0.717) is 0 Å². The summed E-state index contributed by atoms with van der Waals surface area (Å²) in [4.78, 5) is 0. The number of hydrogen-bond donors (Lipinski definition) is 0. The first-order chi connectivity index (χ1) is 3.85. The molecule has 0 rings (SSSR count). The van der Waals surface area contributed by atoms with E-state index in [2.05, 4.69) is 6.92 Å². The van der Waals surface area contributed by atoms with E-state index < -0.39 is 0 Å². The molecule has 1 heteroatoms. The van der Waals surface area contributed by atoms with Gasteiger partial charge in [-0.25, -0.2) is 0 Å². The van der Waals surface area contributed by atoms with Crippen molar-refractivity contribution in [1.82, 2.24) is 0 Å². The molecule has 0 heterocycles. The Morgan fingerprint density at radius 2 is 2.25 bits per heavy atom. The van der Waals surface area contributed by atoms with Crippen molar-refractivity contribution in [2.24, 2.45) is 0 Å². The molecule has 8 heavy (non-hydrogen) atoms. The van der Waals surface area contributed by atoms with Crippen LogP contribution in [0.5, 0.6) is 0 Å². The summed E-state index contributed by atoms with van der Waals surface area (Å²) in [6.07, 6.45) is 4.23. The average molecular weight is 114 g/mol. The molecule has 0 radical (unpaired) electrons. The summed E-state index contributed by atoms with van der Waals surface area (Å²) in [5.41, 5.74) is 0. The molecule has 0 aromatic rings. The largest absolute Gasteiger partial charge is 0.501 e. The van der Waals surface area contributed by atoms with Gasteiger partial charge in [0.25, 0.3) is 0 Å². The van der Waals surface area contributed by atoms with Crippen LogP contribution in [-0.4, -0.2) is 7.11 Å². The Bertz CT molecular complexity index is 74.5. The number of allylic oxidation sites excluding steroid dienone is 2. The van der Waals surface area contributed by atoms with Gasteiger partial charge < -0.3 is 4.74 Å². The Balaban J connectivity index is 3.38. The quantitative estimate of drug-likeness (QED) is 0.512. The Morgan fingerprint density at radius 3 is 2.38 bits per heavy atom. The molecular weight excluding hydrogens is 100 g/mol. The highest BCUT2D eigenvalue weighted by Gasteiger charge is 1.87. The first-order valence-corrected chi connectivity index (χ1v) is 3.04. The normalized spacial score (nSPS) is 11.6. The third-order valence-electron chi connectivity index (χ3n) is 1.08. The zero-order chi connectivity index (χ0) is 6.41. The third kappa shape index (κ3) is 2.67. The van der Waals surface area contributed by atoms with Crippen LogP contribution in [0.25, 0.3) is 0 Å². The summed E-state index contributed by atoms with van der Waals surface area (Å²) in [5.74, 6) is 1.09. The second-order valence-corrected chi connectivity index (χ2v) is 1.71. The van der Waals surface area contributed by atoms with E-state index in [0.717, 1.165) is 18.6 Å². The van der Waals surface area contributed by atoms with Crippen LogP contribution in [0, 0.1) is 0 Å². The Morgan fingerprint density at radius 1 is 1.62 bits per heavy atom. The summed E-state index contributed by atoms with van der Waals surface area (Å²) in [6, 6.07) is 0. The fourth-order valence-electron chi connectivity index (χ4n) is 0.611. The van der Waals surface area contributed by atoms with Crippen molar-refractivity contribution in [3.05, 3.63) is 11.8 Å². The minimum atomic E-state index is 1.06. The lowest BCUT2D eigenvalue weighted by atomic mass is 10.3. The van der Waals surface area contributed by atoms with E-state index in [1.54, 1.807) is 7.11 Å². The van der Waals surface area contributed by atoms with Crippen LogP contribution in [0.3, 0.4) is 0 Å². The molecule has 0 aliphatic rings. The Hall–Kier alpha value is -0.460. The highest BCUT2D eigenvalue weighted by molar-refractivity contribution is 4.88. The zero-order valence-corrected chi connectivity index (χ0v) is 5.90. The molecule has 0 aliphatic heterocycles. The van der Waals surface area contributed by atoms with Crippen LogP contribution in [0.4, 0.5) is 0 Å². The van der Waals surface area contributed by atoms with Crippen LogP contribution in [0.15, 0.2) is 11.8 Å². The summed E-state index contributed by atoms with van der Waals surface area (Å²) in [5, 5.41) is 0. The average Bonchev–Trinajstić information content (AvgIpc) is 1.83. The van der Waals surface area contributed by atoms with Gasteiger partial charge in [0.15, 0.2) is 0 Å². The molecule has 0 atom stereocenters. The van der Waals surface area contributed by atoms with Crippen molar-refractivity contribution in [1.29, 1.82) is 0 Å². The maximum Gasteiger partial charge on any atom is 0.0912 e. The number of rotatable bonds is 3. The molecule has 0 aromatic carbocycles. The number of hydrogen-bond acceptors (Lipinski definition) is 1. The molecule has 0 spiro atoms. The SMILES string of the molecule is CC=C(CCC)OC. The Labute approximate surface area is 51.4 Å². The maximum absolute atomic E-state index is 5.00. The van der Waals surface area contributed by atoms with Gasteiger partial charge in [-0.05, 0) is 19.4 Å². The minimum Gasteiger partial charge on any atom is -0.501 e. The first-order valence-electron chi connectivity index (χ1n) is 3.04. The summed E-state index contributed by atoms with van der Waals surface area (Å²) in [7, 11) is 1.71. The van der Waals surface area contributed by atoms with Gasteiger partial charge >= 0.3 is 0 Å². The lowest BCUT2D eigenvalue weighted by Gasteiger charge is -2.00. The van der Waals surface area contributed by atoms with Crippen LogP contribution >= 0.6 is 0 Å². The molecule has 0 unspecified atom stereocenters. The summed E-state index contributed by atoms with van der Waals surface area (Å²) in [6.45, 7) is 4.14. The van der Waals surface area contributed by atoms with Crippen LogP contribution in [-0.2, 0) is 4.74 Å². The van der Waals surface area contributed by atoms with Gasteiger partial charge in [0.2, 0.25) is 0 Å². The van der Waals surface area contributed by atoms with Gasteiger partial charge in [0.1, 0.15) is 0 Å². The van der Waals surface area contributed by atoms with Crippen molar-refractivity contribution >= 4 is 0 Å². The standard InChI is InChI=1S/C7H14O/c1-4-6-7(5-2)8-3/h5H,4,6H2,1-3H3. The smallest absolute Gasteiger partial charge is 0.0912 e. The molecule has 0 amide bonds. The second kappa shape index (κ2) is 4.69. The van der Waals surface area contributed by atoms with Crippen molar-refractivity contribution < 1.29 is 4.74 Å². The van der Waals surface area contributed by atoms with E-state index in [1.807, 2.05) is 13.0 Å². The minimum absolute atomic E-state index is 1.06. The molecule has 0 aromatic heterocycles. The Kier molecular flexibility index (Phi) is 4.42. The zero-order valence-electron chi connectivity index (χ0n) is 5.90. The molecule has 0 fully saturated rings. The molecule has 0 bridgehead atoms. The van der Waals surface area contributed by atoms with E-state index in [1.165, 1.54) is 0 Å². The third-order valence-corrected chi connectivity index (χ3v) is 1.08. The van der Waals surface area contributed by atoms with Crippen molar-refractivity contribution in [2.75, 3.05) is 7.11 Å². The fourth-order valence-corrected chi connectivity index (χ4v) is 0.611. The fraction of sp³-hybridized carbons (Fsp3) is 0.714. The van der Waals surface area contributed by atoms with Gasteiger partial charge in [0, 0.05) is 6.42 Å². The van der Waals surface area contributed by atoms with E-state index in [-0.39, 0.29) is 0 Å². The lowest BCUT2D eigenvalue weighted by molar-refractivity contribution is 0.275. The summed E-state index contributed by atoms with van der Waals surface area (Å²) < 4.78 is 5.00. The molecular formula is C7H14O. The van der Waals surface area contributed by atoms with Crippen LogP contribution in [0.1, 0.15) is 26.7 Å². The highest BCUT2D eigenvalue weighted by Crippen LogP contribution is 2.03. The van der Waals surface area contributed by atoms with Gasteiger partial charge in [0.05, 0.1) is 12.9 Å². The number of methoxy groups -OCH3 is 1. The first kappa shape index (κ1) is 7.54. The van der Waals surface area contributed by atoms with Crippen LogP contribution in [0.2, 0.25) is 0 Å². The van der Waals surface area contributed by atoms with Gasteiger partial charge in [-0.3, -0.25) is 0 Å². The topological polar surface area (TPSA) is 9.23 Å². The predicted molar refractivity (Wildman–Crippen MR) is 35.7 cm³/mol. The number of ether oxygens (including phenoxy) is 1. The van der Waals surface area contributed by atoms with E-state index in [9.17, 15) is 0 Å². The van der Waals surface area contributed by atoms with Crippen molar-refractivity contribution in [3.63, 3.8) is 0 Å². The second-order valence-electron chi connectivity index (χ2n) is 1.71. The van der Waals surface area contributed by atoms with Crippen molar-refractivity contribution in [2.45, 2.75) is 26.7 Å². The molecule has 0 N–H and O–H groups in total. The van der Waals surface area contributed by atoms with Crippen molar-refractivity contribution in [3.8, 4) is 0 Å². The van der Waals surface area contributed by atoms with E-state index >= 15 is 0 Å². The monoisotopic (exact) mass is 114 g/mol. The van der Waals surface area contributed by atoms with Gasteiger partial charge in [-0.15, -0.1) is 0 Å². The lowest BCUT2D eigenvalue weighted by Crippen LogP contribution is -1.83. The summed E-state index contributed by atoms with van der Waals surface area (Å²) >= 11 is 0. The predicted octanol–water partition coefficient (Wildman–Crippen LogP) is 2.34. The molecule has 0 saturated heterocycles. The molecule has 1 nitrogen and oxygen atoms in total. The molecule has 0 aliphatic carbocycles. The highest BCUT2D eigenvalue weighted by atomic mass is 16.5. The molecule has 0 saturated carbocycles. The molecule has 48 valence electrons. The maximum atomic E-state index is 5.00. The van der Waals surface area contributed by atoms with Gasteiger partial charge in [-0.1, -0.05) is 6.92 Å². The van der Waals surface area contributed by atoms with Gasteiger partial charge in [-0.2, -0.15) is 0 Å². The van der Waals surface area contributed by atoms with Crippen LogP contribution < -0.4 is 0 Å².